The van der Waals surface area contributed by atoms with Gasteiger partial charge in [0.15, 0.2) is 0 Å². The maximum atomic E-state index is 11.8. The maximum absolute atomic E-state index is 11.8. The Labute approximate surface area is 158 Å². The Bertz CT molecular complexity index is 741. The first kappa shape index (κ1) is 17.1. The van der Waals surface area contributed by atoms with Crippen LogP contribution in [-0.2, 0) is 0 Å². The highest BCUT2D eigenvalue weighted by molar-refractivity contribution is 7.07. The predicted molar refractivity (Wildman–Crippen MR) is 103 cm³/mol. The van der Waals surface area contributed by atoms with Gasteiger partial charge in [0.25, 0.3) is 0 Å². The molecule has 6 nitrogen and oxygen atoms in total. The van der Waals surface area contributed by atoms with Crippen LogP contribution in [0.2, 0.25) is 0 Å². The Kier molecular flexibility index (Phi) is 4.72. The topological polar surface area (TPSA) is 48.9 Å². The van der Waals surface area contributed by atoms with Crippen molar-refractivity contribution < 1.29 is 9.53 Å². The molecule has 1 aromatic heterocycles. The van der Waals surface area contributed by atoms with Crippen molar-refractivity contribution in [2.24, 2.45) is 0 Å². The van der Waals surface area contributed by atoms with Crippen molar-refractivity contribution in [3.8, 4) is 5.75 Å². The Morgan fingerprint density at radius 2 is 2.04 bits per heavy atom. The van der Waals surface area contributed by atoms with E-state index in [0.717, 1.165) is 18.7 Å². The van der Waals surface area contributed by atoms with Gasteiger partial charge in [0.1, 0.15) is 11.9 Å². The number of hydrogen-bond donors (Lipinski definition) is 0. The van der Waals surface area contributed by atoms with Gasteiger partial charge in [-0.25, -0.2) is 9.78 Å². The first-order valence-corrected chi connectivity index (χ1v) is 9.94. The molecule has 2 fully saturated rings. The number of carbonyl (C=O) groups excluding carboxylic acids is 1. The lowest BCUT2D eigenvalue weighted by atomic mass is 10.1. The summed E-state index contributed by atoms with van der Waals surface area (Å²) in [7, 11) is 3.54. The van der Waals surface area contributed by atoms with Crippen LogP contribution in [0.3, 0.4) is 0 Å². The van der Waals surface area contributed by atoms with E-state index in [4.69, 9.17) is 4.74 Å². The van der Waals surface area contributed by atoms with Crippen molar-refractivity contribution in [2.75, 3.05) is 38.6 Å². The molecule has 0 bridgehead atoms. The fourth-order valence-electron chi connectivity index (χ4n) is 3.63. The summed E-state index contributed by atoms with van der Waals surface area (Å²) >= 11 is 1.66. The van der Waals surface area contributed by atoms with Gasteiger partial charge in [0.05, 0.1) is 30.3 Å². The third-order valence-electron chi connectivity index (χ3n) is 5.02. The second-order valence-corrected chi connectivity index (χ2v) is 7.80. The Balaban J connectivity index is 1.35. The van der Waals surface area contributed by atoms with E-state index in [-0.39, 0.29) is 12.1 Å². The fourth-order valence-corrected chi connectivity index (χ4v) is 4.23. The van der Waals surface area contributed by atoms with E-state index in [0.29, 0.717) is 19.1 Å². The molecule has 1 atom stereocenters. The van der Waals surface area contributed by atoms with Crippen molar-refractivity contribution in [3.63, 3.8) is 0 Å². The molecule has 0 N–H and O–H groups in total. The highest BCUT2D eigenvalue weighted by atomic mass is 32.1. The number of amides is 2. The fraction of sp³-hybridized carbons (Fsp3) is 0.474. The number of urea groups is 1. The molecular weight excluding hydrogens is 348 g/mol. The highest BCUT2D eigenvalue weighted by Crippen LogP contribution is 2.36. The van der Waals surface area contributed by atoms with Gasteiger partial charge in [-0.15, -0.1) is 11.3 Å². The number of thiazole rings is 1. The molecule has 0 aliphatic carbocycles. The molecule has 0 saturated carbocycles. The highest BCUT2D eigenvalue weighted by Gasteiger charge is 2.33. The molecule has 26 heavy (non-hydrogen) atoms. The third kappa shape index (κ3) is 3.35. The van der Waals surface area contributed by atoms with E-state index >= 15 is 0 Å². The van der Waals surface area contributed by atoms with Gasteiger partial charge in [-0.3, -0.25) is 0 Å². The molecule has 0 radical (unpaired) electrons. The number of aromatic nitrogens is 1. The molecule has 7 heteroatoms. The van der Waals surface area contributed by atoms with Crippen LogP contribution in [0.5, 0.6) is 5.75 Å². The number of nitrogens with zero attached hydrogens (tertiary/aromatic N) is 4. The smallest absolute Gasteiger partial charge is 0.319 e. The van der Waals surface area contributed by atoms with Gasteiger partial charge in [-0.1, -0.05) is 0 Å². The molecule has 1 unspecified atom stereocenters. The number of rotatable bonds is 4. The van der Waals surface area contributed by atoms with E-state index in [1.165, 1.54) is 17.8 Å². The summed E-state index contributed by atoms with van der Waals surface area (Å²) < 4.78 is 5.99. The summed E-state index contributed by atoms with van der Waals surface area (Å²) in [5.74, 6) is 0.861. The molecule has 1 aromatic carbocycles. The van der Waals surface area contributed by atoms with Crippen LogP contribution in [0.4, 0.5) is 10.5 Å². The average molecular weight is 372 g/mol. The zero-order chi connectivity index (χ0) is 18.1. The maximum Gasteiger partial charge on any atom is 0.319 e. The van der Waals surface area contributed by atoms with Crippen molar-refractivity contribution in [1.82, 2.24) is 14.8 Å². The molecule has 138 valence electrons. The average Bonchev–Trinajstić information content (AvgIpc) is 3.28. The summed E-state index contributed by atoms with van der Waals surface area (Å²) in [4.78, 5) is 22.1. The number of carbonyl (C=O) groups is 1. The zero-order valence-corrected chi connectivity index (χ0v) is 16.0. The SMILES string of the molecule is CN(C)C(=O)N1CC(Oc2ccc(N3CCCC3c3cscn3)cc2)C1. The van der Waals surface area contributed by atoms with Crippen LogP contribution in [0.1, 0.15) is 24.6 Å². The van der Waals surface area contributed by atoms with Crippen LogP contribution in [0.15, 0.2) is 35.2 Å². The molecule has 4 rings (SSSR count). The van der Waals surface area contributed by atoms with Gasteiger partial charge in [0.2, 0.25) is 0 Å². The van der Waals surface area contributed by atoms with E-state index in [9.17, 15) is 4.79 Å². The van der Waals surface area contributed by atoms with Crippen LogP contribution >= 0.6 is 11.3 Å². The lowest BCUT2D eigenvalue weighted by Crippen LogP contribution is -2.58. The molecular formula is C19H24N4O2S. The zero-order valence-electron chi connectivity index (χ0n) is 15.2. The van der Waals surface area contributed by atoms with Crippen LogP contribution in [0, 0.1) is 0 Å². The number of benzene rings is 1. The Morgan fingerprint density at radius 1 is 1.27 bits per heavy atom. The number of likely N-dealkylation sites (tertiary alicyclic amines) is 1. The van der Waals surface area contributed by atoms with Gasteiger partial charge in [0, 0.05) is 31.7 Å². The van der Waals surface area contributed by atoms with E-state index in [1.54, 1.807) is 35.2 Å². The largest absolute Gasteiger partial charge is 0.487 e. The number of ether oxygens (including phenoxy) is 1. The van der Waals surface area contributed by atoms with Crippen molar-refractivity contribution in [2.45, 2.75) is 25.0 Å². The Morgan fingerprint density at radius 3 is 2.69 bits per heavy atom. The quantitative estimate of drug-likeness (QED) is 0.827. The van der Waals surface area contributed by atoms with Crippen molar-refractivity contribution >= 4 is 23.1 Å². The Hall–Kier alpha value is -2.28. The van der Waals surface area contributed by atoms with Gasteiger partial charge < -0.3 is 19.4 Å². The van der Waals surface area contributed by atoms with Gasteiger partial charge in [-0.2, -0.15) is 0 Å². The minimum absolute atomic E-state index is 0.0438. The van der Waals surface area contributed by atoms with Gasteiger partial charge >= 0.3 is 6.03 Å². The van der Waals surface area contributed by atoms with Crippen molar-refractivity contribution in [1.29, 1.82) is 0 Å². The van der Waals surface area contributed by atoms with Crippen molar-refractivity contribution in [3.05, 3.63) is 40.8 Å². The predicted octanol–water partition coefficient (Wildman–Crippen LogP) is 3.23. The molecule has 2 amide bonds. The van der Waals surface area contributed by atoms with Gasteiger partial charge in [-0.05, 0) is 37.1 Å². The lowest BCUT2D eigenvalue weighted by Gasteiger charge is -2.40. The van der Waals surface area contributed by atoms with E-state index in [1.807, 2.05) is 17.6 Å². The van der Waals surface area contributed by atoms with E-state index < -0.39 is 0 Å². The van der Waals surface area contributed by atoms with E-state index in [2.05, 4.69) is 27.4 Å². The minimum atomic E-state index is 0.0438. The summed E-state index contributed by atoms with van der Waals surface area (Å²) in [5, 5.41) is 2.15. The van der Waals surface area contributed by atoms with Crippen LogP contribution < -0.4 is 9.64 Å². The number of hydrogen-bond acceptors (Lipinski definition) is 5. The molecule has 0 spiro atoms. The molecule has 2 saturated heterocycles. The summed E-state index contributed by atoms with van der Waals surface area (Å²) in [5.41, 5.74) is 4.30. The first-order valence-electron chi connectivity index (χ1n) is 8.99. The van der Waals surface area contributed by atoms with Crippen LogP contribution in [0.25, 0.3) is 0 Å². The lowest BCUT2D eigenvalue weighted by molar-refractivity contribution is 0.0356. The summed E-state index contributed by atoms with van der Waals surface area (Å²) in [6, 6.07) is 8.74. The third-order valence-corrected chi connectivity index (χ3v) is 5.62. The monoisotopic (exact) mass is 372 g/mol. The molecule has 2 aliphatic rings. The minimum Gasteiger partial charge on any atom is -0.487 e. The number of anilines is 1. The second-order valence-electron chi connectivity index (χ2n) is 7.08. The van der Waals surface area contributed by atoms with Crippen LogP contribution in [-0.4, -0.2) is 60.6 Å². The normalized spacial score (nSPS) is 20.2. The second kappa shape index (κ2) is 7.15. The molecule has 2 aromatic rings. The first-order chi connectivity index (χ1) is 12.6. The molecule has 3 heterocycles. The molecule has 2 aliphatic heterocycles. The summed E-state index contributed by atoms with van der Waals surface area (Å²) in [6.07, 6.45) is 2.43. The standard InChI is InChI=1S/C19H24N4O2S/c1-21(2)19(24)22-10-16(11-22)25-15-7-5-14(6-8-15)23-9-3-4-18(23)17-12-26-13-20-17/h5-8,12-13,16,18H,3-4,9-11H2,1-2H3. The summed E-state index contributed by atoms with van der Waals surface area (Å²) in [6.45, 7) is 2.36.